The Morgan fingerprint density at radius 3 is 2.77 bits per heavy atom. The largest absolute Gasteiger partial charge is 0.538 e. The van der Waals surface area contributed by atoms with Gasteiger partial charge in [0.25, 0.3) is 5.03 Å². The average Bonchev–Trinajstić information content (AvgIpc) is 2.87. The molecule has 0 saturated carbocycles. The molecule has 0 fully saturated rings. The number of esters is 1. The Morgan fingerprint density at radius 1 is 1.36 bits per heavy atom. The molecule has 0 saturated heterocycles. The first-order valence-corrected chi connectivity index (χ1v) is 7.55. The van der Waals surface area contributed by atoms with Crippen LogP contribution in [-0.4, -0.2) is 29.4 Å². The highest BCUT2D eigenvalue weighted by Gasteiger charge is 2.22. The molecule has 0 bridgehead atoms. The summed E-state index contributed by atoms with van der Waals surface area (Å²) in [6.45, 7) is 1.89. The summed E-state index contributed by atoms with van der Waals surface area (Å²) in [6.07, 6.45) is -0.314. The number of Topliss-reactive ketones (excluding diaryl/α,β-unsaturated/α-hetero) is 1. The van der Waals surface area contributed by atoms with Gasteiger partial charge in [-0.1, -0.05) is 18.2 Å². The van der Waals surface area contributed by atoms with E-state index >= 15 is 0 Å². The number of nitrogens with zero attached hydrogens (tertiary/aromatic N) is 2. The van der Waals surface area contributed by atoms with Gasteiger partial charge >= 0.3 is 5.97 Å². The third-order valence-electron chi connectivity index (χ3n) is 2.59. The number of carbonyl (C=O) groups is 2. The summed E-state index contributed by atoms with van der Waals surface area (Å²) in [6, 6.07) is 8.93. The van der Waals surface area contributed by atoms with Crippen molar-refractivity contribution < 1.29 is 28.6 Å². The zero-order valence-corrected chi connectivity index (χ0v) is 12.7. The number of benzene rings is 1. The second-order valence-electron chi connectivity index (χ2n) is 4.22. The summed E-state index contributed by atoms with van der Waals surface area (Å²) in [5, 5.41) is 15.5. The smallest absolute Gasteiger partial charge is 0.313 e. The summed E-state index contributed by atoms with van der Waals surface area (Å²) < 4.78 is 10.7. The molecule has 116 valence electrons. The van der Waals surface area contributed by atoms with Crippen LogP contribution in [0.1, 0.15) is 13.3 Å². The normalized spacial score (nSPS) is 10.4. The molecule has 2 aromatic rings. The van der Waals surface area contributed by atoms with Crippen LogP contribution in [0.4, 0.5) is 0 Å². The van der Waals surface area contributed by atoms with E-state index in [1.165, 1.54) is 4.68 Å². The first kappa shape index (κ1) is 16.0. The van der Waals surface area contributed by atoms with Crippen LogP contribution in [0.15, 0.2) is 39.9 Å². The van der Waals surface area contributed by atoms with E-state index in [-0.39, 0.29) is 29.6 Å². The SMILES string of the molecule is CCOC(=O)CC(=O)CSc1c([O-])on[n+]1-c1ccccc1. The Bertz CT molecular complexity index is 657. The Hall–Kier alpha value is -2.35. The lowest BCUT2D eigenvalue weighted by atomic mass is 10.3. The van der Waals surface area contributed by atoms with Gasteiger partial charge in [-0.25, -0.2) is 0 Å². The van der Waals surface area contributed by atoms with E-state index in [4.69, 9.17) is 4.74 Å². The zero-order valence-electron chi connectivity index (χ0n) is 11.9. The van der Waals surface area contributed by atoms with Gasteiger partial charge in [0.2, 0.25) is 5.69 Å². The van der Waals surface area contributed by atoms with Crippen molar-refractivity contribution in [1.29, 1.82) is 0 Å². The second-order valence-corrected chi connectivity index (χ2v) is 5.19. The molecule has 2 rings (SSSR count). The Labute approximate surface area is 130 Å². The molecule has 0 aliphatic rings. The molecule has 0 spiro atoms. The van der Waals surface area contributed by atoms with E-state index in [0.29, 0.717) is 5.69 Å². The highest BCUT2D eigenvalue weighted by Crippen LogP contribution is 2.23. The van der Waals surface area contributed by atoms with Crippen LogP contribution in [0.2, 0.25) is 0 Å². The molecule has 1 aromatic heterocycles. The van der Waals surface area contributed by atoms with Gasteiger partial charge in [-0.05, 0) is 23.4 Å². The fourth-order valence-electron chi connectivity index (χ4n) is 1.67. The standard InChI is InChI=1S/C14H14N2O5S/c1-2-20-12(18)8-11(17)9-22-13-14(19)21-15-16(13)10-6-4-3-5-7-10/h3-7H,2,8-9H2,1H3. The van der Waals surface area contributed by atoms with E-state index in [0.717, 1.165) is 11.8 Å². The predicted octanol–water partition coefficient (Wildman–Crippen LogP) is 0.639. The van der Waals surface area contributed by atoms with Crippen molar-refractivity contribution in [2.24, 2.45) is 0 Å². The van der Waals surface area contributed by atoms with Crippen LogP contribution in [0.5, 0.6) is 5.95 Å². The minimum atomic E-state index is -0.627. The fourth-order valence-corrected chi connectivity index (χ4v) is 2.48. The maximum atomic E-state index is 11.7. The van der Waals surface area contributed by atoms with Crippen molar-refractivity contribution in [2.75, 3.05) is 12.4 Å². The number of thioether (sulfide) groups is 1. The van der Waals surface area contributed by atoms with Crippen molar-refractivity contribution in [3.05, 3.63) is 30.3 Å². The van der Waals surface area contributed by atoms with Crippen LogP contribution in [0, 0.1) is 0 Å². The molecule has 0 aliphatic heterocycles. The van der Waals surface area contributed by atoms with E-state index in [2.05, 4.69) is 9.79 Å². The molecule has 0 amide bonds. The molecular weight excluding hydrogens is 308 g/mol. The molecule has 22 heavy (non-hydrogen) atoms. The van der Waals surface area contributed by atoms with Gasteiger partial charge < -0.3 is 14.4 Å². The van der Waals surface area contributed by atoms with Gasteiger partial charge in [0.05, 0.1) is 17.6 Å². The minimum absolute atomic E-state index is 0.0396. The van der Waals surface area contributed by atoms with Crippen molar-refractivity contribution >= 4 is 23.5 Å². The van der Waals surface area contributed by atoms with E-state index in [1.807, 2.05) is 6.07 Å². The van der Waals surface area contributed by atoms with Gasteiger partial charge in [-0.15, -0.1) is 0 Å². The number of hydrogen-bond acceptors (Lipinski definition) is 7. The molecule has 0 radical (unpaired) electrons. The van der Waals surface area contributed by atoms with Gasteiger partial charge in [0, 0.05) is 12.1 Å². The van der Waals surface area contributed by atoms with Crippen LogP contribution in [0.25, 0.3) is 5.69 Å². The summed E-state index contributed by atoms with van der Waals surface area (Å²) in [7, 11) is 0. The molecule has 7 nitrogen and oxygen atoms in total. The number of para-hydroxylation sites is 1. The fraction of sp³-hybridized carbons (Fsp3) is 0.286. The number of carbonyl (C=O) groups excluding carboxylic acids is 2. The number of hydrogen-bond donors (Lipinski definition) is 0. The number of rotatable bonds is 7. The molecule has 8 heteroatoms. The minimum Gasteiger partial charge on any atom is -0.538 e. The zero-order chi connectivity index (χ0) is 15.9. The van der Waals surface area contributed by atoms with E-state index in [9.17, 15) is 14.7 Å². The molecule has 0 N–H and O–H groups in total. The first-order valence-electron chi connectivity index (χ1n) is 6.56. The Balaban J connectivity index is 2.03. The van der Waals surface area contributed by atoms with Gasteiger partial charge in [-0.2, -0.15) is 0 Å². The monoisotopic (exact) mass is 322 g/mol. The summed E-state index contributed by atoms with van der Waals surface area (Å²) in [5.74, 6) is -1.57. The predicted molar refractivity (Wildman–Crippen MR) is 74.5 cm³/mol. The quantitative estimate of drug-likeness (QED) is 0.319. The van der Waals surface area contributed by atoms with Crippen LogP contribution in [-0.2, 0) is 14.3 Å². The molecule has 0 atom stereocenters. The molecule has 0 aliphatic carbocycles. The van der Waals surface area contributed by atoms with E-state index in [1.54, 1.807) is 31.2 Å². The van der Waals surface area contributed by atoms with Crippen molar-refractivity contribution in [2.45, 2.75) is 18.4 Å². The lowest BCUT2D eigenvalue weighted by Gasteiger charge is -2.00. The van der Waals surface area contributed by atoms with Crippen molar-refractivity contribution in [1.82, 2.24) is 5.27 Å². The Kier molecular flexibility index (Phi) is 5.54. The highest BCUT2D eigenvalue weighted by atomic mass is 32.2. The lowest BCUT2D eigenvalue weighted by Crippen LogP contribution is -2.34. The van der Waals surface area contributed by atoms with Crippen molar-refractivity contribution in [3.8, 4) is 11.6 Å². The molecular formula is C14H14N2O5S. The van der Waals surface area contributed by atoms with E-state index < -0.39 is 11.9 Å². The third kappa shape index (κ3) is 4.08. The van der Waals surface area contributed by atoms with Crippen molar-refractivity contribution in [3.63, 3.8) is 0 Å². The second kappa shape index (κ2) is 7.60. The topological polar surface area (TPSA) is 96.3 Å². The average molecular weight is 322 g/mol. The maximum absolute atomic E-state index is 11.7. The van der Waals surface area contributed by atoms with Crippen LogP contribution < -0.4 is 9.79 Å². The van der Waals surface area contributed by atoms with Gasteiger partial charge in [0.1, 0.15) is 6.42 Å². The summed E-state index contributed by atoms with van der Waals surface area (Å²) in [5.41, 5.74) is 0.647. The van der Waals surface area contributed by atoms with Gasteiger partial charge in [-0.3, -0.25) is 9.59 Å². The maximum Gasteiger partial charge on any atom is 0.313 e. The van der Waals surface area contributed by atoms with Crippen LogP contribution >= 0.6 is 11.8 Å². The number of ketones is 1. The molecule has 1 heterocycles. The first-order chi connectivity index (χ1) is 10.6. The molecule has 1 aromatic carbocycles. The number of ether oxygens (including phenoxy) is 1. The Morgan fingerprint density at radius 2 is 2.09 bits per heavy atom. The third-order valence-corrected chi connectivity index (χ3v) is 3.67. The van der Waals surface area contributed by atoms with Crippen LogP contribution in [0.3, 0.4) is 0 Å². The molecule has 0 unspecified atom stereocenters. The lowest BCUT2D eigenvalue weighted by molar-refractivity contribution is -0.705. The highest BCUT2D eigenvalue weighted by molar-refractivity contribution is 7.99. The number of aromatic nitrogens is 2. The summed E-state index contributed by atoms with van der Waals surface area (Å²) >= 11 is 0.980. The van der Waals surface area contributed by atoms with Gasteiger partial charge in [0.15, 0.2) is 11.7 Å². The summed E-state index contributed by atoms with van der Waals surface area (Å²) in [4.78, 5) is 22.9.